The fourth-order valence-corrected chi connectivity index (χ4v) is 2.19. The van der Waals surface area contributed by atoms with Crippen molar-refractivity contribution in [3.63, 3.8) is 0 Å². The van der Waals surface area contributed by atoms with E-state index in [0.717, 1.165) is 5.03 Å². The van der Waals surface area contributed by atoms with E-state index in [1.807, 2.05) is 6.07 Å². The number of nitrogens with zero attached hydrogens (tertiary/aromatic N) is 1. The summed E-state index contributed by atoms with van der Waals surface area (Å²) in [7, 11) is 0. The minimum atomic E-state index is 0.576. The molecule has 1 N–H and O–H groups in total. The van der Waals surface area contributed by atoms with Gasteiger partial charge in [0.15, 0.2) is 0 Å². The van der Waals surface area contributed by atoms with Gasteiger partial charge in [0.2, 0.25) is 0 Å². The molecule has 0 radical (unpaired) electrons. The third-order valence-electron chi connectivity index (χ3n) is 2.23. The average Bonchev–Trinajstić information content (AvgIpc) is 2.71. The number of aromatic nitrogens is 2. The number of rotatable bonds is 3. The molecule has 1 aromatic heterocycles. The molecular formula is C12H14N2S. The highest BCUT2D eigenvalue weighted by atomic mass is 32.2. The molecule has 2 aromatic rings. The molecule has 0 fully saturated rings. The lowest BCUT2D eigenvalue weighted by Gasteiger charge is -2.06. The molecule has 0 amide bonds. The van der Waals surface area contributed by atoms with Crippen molar-refractivity contribution in [3.05, 3.63) is 42.1 Å². The molecule has 0 saturated heterocycles. The Morgan fingerprint density at radius 2 is 2.13 bits per heavy atom. The van der Waals surface area contributed by atoms with Crippen LogP contribution in [0.5, 0.6) is 0 Å². The van der Waals surface area contributed by atoms with Crippen molar-refractivity contribution < 1.29 is 0 Å². The van der Waals surface area contributed by atoms with Gasteiger partial charge in [-0.05, 0) is 29.7 Å². The van der Waals surface area contributed by atoms with Crippen molar-refractivity contribution in [2.24, 2.45) is 0 Å². The van der Waals surface area contributed by atoms with Gasteiger partial charge in [-0.15, -0.1) is 0 Å². The van der Waals surface area contributed by atoms with Crippen molar-refractivity contribution in [2.45, 2.75) is 29.7 Å². The zero-order chi connectivity index (χ0) is 10.7. The van der Waals surface area contributed by atoms with Gasteiger partial charge in [0.25, 0.3) is 0 Å². The summed E-state index contributed by atoms with van der Waals surface area (Å²) in [5.41, 5.74) is 1.37. The van der Waals surface area contributed by atoms with Crippen LogP contribution in [-0.4, -0.2) is 10.2 Å². The van der Waals surface area contributed by atoms with Crippen molar-refractivity contribution in [2.75, 3.05) is 0 Å². The highest BCUT2D eigenvalue weighted by molar-refractivity contribution is 7.99. The lowest BCUT2D eigenvalue weighted by atomic mass is 10.0. The van der Waals surface area contributed by atoms with Crippen LogP contribution in [0.15, 0.2) is 46.5 Å². The topological polar surface area (TPSA) is 28.7 Å². The van der Waals surface area contributed by atoms with Gasteiger partial charge >= 0.3 is 0 Å². The van der Waals surface area contributed by atoms with E-state index in [-0.39, 0.29) is 0 Å². The molecule has 0 bridgehead atoms. The Balaban J connectivity index is 2.18. The molecule has 0 saturated carbocycles. The number of nitrogens with one attached hydrogen (secondary N) is 1. The zero-order valence-corrected chi connectivity index (χ0v) is 9.71. The summed E-state index contributed by atoms with van der Waals surface area (Å²) in [6, 6.07) is 10.6. The smallest absolute Gasteiger partial charge is 0.0955 e. The summed E-state index contributed by atoms with van der Waals surface area (Å²) in [5.74, 6) is 0.576. The Kier molecular flexibility index (Phi) is 3.11. The van der Waals surface area contributed by atoms with Crippen LogP contribution in [0.1, 0.15) is 25.3 Å². The fourth-order valence-electron chi connectivity index (χ4n) is 1.36. The first kappa shape index (κ1) is 10.3. The predicted molar refractivity (Wildman–Crippen MR) is 63.2 cm³/mol. The molecule has 3 heteroatoms. The number of benzene rings is 1. The second-order valence-corrected chi connectivity index (χ2v) is 4.87. The van der Waals surface area contributed by atoms with E-state index in [1.165, 1.54) is 10.5 Å². The second kappa shape index (κ2) is 4.53. The number of hydrogen-bond acceptors (Lipinski definition) is 2. The van der Waals surface area contributed by atoms with E-state index in [0.29, 0.717) is 5.92 Å². The van der Waals surface area contributed by atoms with E-state index in [1.54, 1.807) is 18.0 Å². The molecular weight excluding hydrogens is 204 g/mol. The van der Waals surface area contributed by atoms with Gasteiger partial charge in [0.05, 0.1) is 5.03 Å². The van der Waals surface area contributed by atoms with Crippen LogP contribution in [0.3, 0.4) is 0 Å². The lowest BCUT2D eigenvalue weighted by Crippen LogP contribution is -1.86. The van der Waals surface area contributed by atoms with Crippen LogP contribution < -0.4 is 0 Å². The Morgan fingerprint density at radius 3 is 2.80 bits per heavy atom. The molecule has 0 spiro atoms. The Labute approximate surface area is 94.1 Å². The first-order valence-electron chi connectivity index (χ1n) is 5.03. The van der Waals surface area contributed by atoms with Gasteiger partial charge in [-0.3, -0.25) is 5.10 Å². The molecule has 0 aliphatic carbocycles. The maximum Gasteiger partial charge on any atom is 0.0955 e. The Hall–Kier alpha value is -1.22. The van der Waals surface area contributed by atoms with Crippen LogP contribution in [0.2, 0.25) is 0 Å². The van der Waals surface area contributed by atoms with Crippen LogP contribution in [0.25, 0.3) is 0 Å². The standard InChI is InChI=1S/C12H14N2S/c1-9(2)10-4-3-5-11(8-10)15-12-6-7-13-14-12/h3-9H,1-2H3,(H,13,14). The van der Waals surface area contributed by atoms with Crippen molar-refractivity contribution in [3.8, 4) is 0 Å². The van der Waals surface area contributed by atoms with E-state index < -0.39 is 0 Å². The summed E-state index contributed by atoms with van der Waals surface area (Å²) in [6.07, 6.45) is 1.77. The fraction of sp³-hybridized carbons (Fsp3) is 0.250. The van der Waals surface area contributed by atoms with E-state index in [9.17, 15) is 0 Å². The van der Waals surface area contributed by atoms with Crippen LogP contribution in [0.4, 0.5) is 0 Å². The molecule has 0 aliphatic rings. The lowest BCUT2D eigenvalue weighted by molar-refractivity contribution is 0.862. The normalized spacial score (nSPS) is 10.9. The molecule has 1 aromatic carbocycles. The van der Waals surface area contributed by atoms with Gasteiger partial charge in [-0.1, -0.05) is 37.7 Å². The van der Waals surface area contributed by atoms with Gasteiger partial charge < -0.3 is 0 Å². The highest BCUT2D eigenvalue weighted by Gasteiger charge is 2.02. The van der Waals surface area contributed by atoms with E-state index in [4.69, 9.17) is 0 Å². The molecule has 2 nitrogen and oxygen atoms in total. The third-order valence-corrected chi connectivity index (χ3v) is 3.16. The first-order valence-corrected chi connectivity index (χ1v) is 5.84. The Morgan fingerprint density at radius 1 is 1.27 bits per heavy atom. The minimum absolute atomic E-state index is 0.576. The van der Waals surface area contributed by atoms with Gasteiger partial charge in [-0.25, -0.2) is 0 Å². The maximum absolute atomic E-state index is 3.93. The number of H-pyrrole nitrogens is 1. The van der Waals surface area contributed by atoms with Gasteiger partial charge in [0, 0.05) is 11.1 Å². The molecule has 0 aliphatic heterocycles. The molecule has 78 valence electrons. The quantitative estimate of drug-likeness (QED) is 0.851. The summed E-state index contributed by atoms with van der Waals surface area (Å²) in [5, 5.41) is 7.96. The SMILES string of the molecule is CC(C)c1cccc(Sc2ccn[nH]2)c1. The van der Waals surface area contributed by atoms with Crippen LogP contribution in [0, 0.1) is 0 Å². The summed E-state index contributed by atoms with van der Waals surface area (Å²) < 4.78 is 0. The minimum Gasteiger partial charge on any atom is -0.272 e. The van der Waals surface area contributed by atoms with Crippen molar-refractivity contribution in [1.82, 2.24) is 10.2 Å². The van der Waals surface area contributed by atoms with Gasteiger partial charge in [0.1, 0.15) is 0 Å². The molecule has 15 heavy (non-hydrogen) atoms. The van der Waals surface area contributed by atoms with E-state index >= 15 is 0 Å². The zero-order valence-electron chi connectivity index (χ0n) is 8.90. The summed E-state index contributed by atoms with van der Waals surface area (Å²) in [4.78, 5) is 1.26. The molecule has 0 unspecified atom stereocenters. The summed E-state index contributed by atoms with van der Waals surface area (Å²) >= 11 is 1.71. The molecule has 0 atom stereocenters. The maximum atomic E-state index is 3.93. The molecule has 2 rings (SSSR count). The third kappa shape index (κ3) is 2.63. The highest BCUT2D eigenvalue weighted by Crippen LogP contribution is 2.27. The number of aromatic amines is 1. The predicted octanol–water partition coefficient (Wildman–Crippen LogP) is 3.68. The largest absolute Gasteiger partial charge is 0.272 e. The summed E-state index contributed by atoms with van der Waals surface area (Å²) in [6.45, 7) is 4.42. The van der Waals surface area contributed by atoms with Crippen molar-refractivity contribution in [1.29, 1.82) is 0 Å². The van der Waals surface area contributed by atoms with E-state index in [2.05, 4.69) is 48.3 Å². The van der Waals surface area contributed by atoms with Crippen LogP contribution >= 0.6 is 11.8 Å². The molecule has 1 heterocycles. The van der Waals surface area contributed by atoms with Crippen LogP contribution in [-0.2, 0) is 0 Å². The Bertz CT molecular complexity index is 421. The second-order valence-electron chi connectivity index (χ2n) is 3.75. The first-order chi connectivity index (χ1) is 7.25. The number of hydrogen-bond donors (Lipinski definition) is 1. The average molecular weight is 218 g/mol. The van der Waals surface area contributed by atoms with Gasteiger partial charge in [-0.2, -0.15) is 5.10 Å². The van der Waals surface area contributed by atoms with Crippen molar-refractivity contribution >= 4 is 11.8 Å². The monoisotopic (exact) mass is 218 g/mol.